The Morgan fingerprint density at radius 2 is 2.04 bits per heavy atom. The van der Waals surface area contributed by atoms with Crippen LogP contribution in [0.1, 0.15) is 18.9 Å². The number of benzene rings is 2. The van der Waals surface area contributed by atoms with E-state index in [1.807, 2.05) is 13.0 Å². The van der Waals surface area contributed by atoms with Crippen molar-refractivity contribution in [2.45, 2.75) is 19.8 Å². The number of nitrogens with two attached hydrogens (primary N) is 1. The van der Waals surface area contributed by atoms with Gasteiger partial charge in [0.05, 0.1) is 11.4 Å². The highest BCUT2D eigenvalue weighted by atomic mass is 19.1. The summed E-state index contributed by atoms with van der Waals surface area (Å²) in [5, 5.41) is 2.79. The monoisotopic (exact) mass is 330 g/mol. The molecule has 1 atom stereocenters. The molecular formula is C18H19FN2O3. The molecule has 24 heavy (non-hydrogen) atoms. The van der Waals surface area contributed by atoms with Crippen LogP contribution in [0.4, 0.5) is 15.8 Å². The summed E-state index contributed by atoms with van der Waals surface area (Å²) in [5.41, 5.74) is 7.72. The van der Waals surface area contributed by atoms with Gasteiger partial charge in [-0.3, -0.25) is 4.79 Å². The number of anilines is 2. The van der Waals surface area contributed by atoms with Crippen LogP contribution in [0.3, 0.4) is 0 Å². The maximum absolute atomic E-state index is 13.2. The minimum absolute atomic E-state index is 0.0713. The quantitative estimate of drug-likeness (QED) is 0.825. The molecule has 0 saturated heterocycles. The van der Waals surface area contributed by atoms with Crippen molar-refractivity contribution in [3.8, 4) is 11.5 Å². The standard InChI is InChI=1S/C18H19FN2O3/c1-11(5-12-3-2-4-13(19)7-12)6-18(22)21-15-9-17-16(8-14(15)20)23-10-24-17/h2-4,7-9,11H,5-6,10,20H2,1H3,(H,21,22). The molecule has 1 aliphatic heterocycles. The number of fused-ring (bicyclic) bond motifs is 1. The average molecular weight is 330 g/mol. The van der Waals surface area contributed by atoms with Crippen LogP contribution >= 0.6 is 0 Å². The highest BCUT2D eigenvalue weighted by Crippen LogP contribution is 2.38. The van der Waals surface area contributed by atoms with Gasteiger partial charge in [0.2, 0.25) is 12.7 Å². The third-order valence-corrected chi connectivity index (χ3v) is 3.83. The van der Waals surface area contributed by atoms with E-state index in [1.165, 1.54) is 12.1 Å². The third-order valence-electron chi connectivity index (χ3n) is 3.83. The zero-order chi connectivity index (χ0) is 17.1. The van der Waals surface area contributed by atoms with E-state index in [0.717, 1.165) is 5.56 Å². The maximum Gasteiger partial charge on any atom is 0.231 e. The van der Waals surface area contributed by atoms with Gasteiger partial charge in [0.25, 0.3) is 0 Å². The Morgan fingerprint density at radius 3 is 2.79 bits per heavy atom. The van der Waals surface area contributed by atoms with Crippen LogP contribution in [-0.2, 0) is 11.2 Å². The Labute approximate surface area is 139 Å². The molecule has 5 nitrogen and oxygen atoms in total. The fraction of sp³-hybridized carbons (Fsp3) is 0.278. The van der Waals surface area contributed by atoms with Crippen molar-refractivity contribution in [3.05, 3.63) is 47.8 Å². The zero-order valence-corrected chi connectivity index (χ0v) is 13.3. The lowest BCUT2D eigenvalue weighted by Gasteiger charge is -2.13. The predicted octanol–water partition coefficient (Wildman–Crippen LogP) is 3.34. The molecule has 0 spiro atoms. The third kappa shape index (κ3) is 3.76. The van der Waals surface area contributed by atoms with Crippen LogP contribution in [0.2, 0.25) is 0 Å². The highest BCUT2D eigenvalue weighted by molar-refractivity contribution is 5.94. The SMILES string of the molecule is CC(CC(=O)Nc1cc2c(cc1N)OCO2)Cc1cccc(F)c1. The van der Waals surface area contributed by atoms with Crippen molar-refractivity contribution >= 4 is 17.3 Å². The van der Waals surface area contributed by atoms with Gasteiger partial charge in [-0.25, -0.2) is 4.39 Å². The second-order valence-electron chi connectivity index (χ2n) is 5.98. The molecule has 1 heterocycles. The number of nitrogen functional groups attached to an aromatic ring is 1. The molecule has 0 aromatic heterocycles. The van der Waals surface area contributed by atoms with E-state index in [2.05, 4.69) is 5.32 Å². The highest BCUT2D eigenvalue weighted by Gasteiger charge is 2.18. The van der Waals surface area contributed by atoms with E-state index >= 15 is 0 Å². The van der Waals surface area contributed by atoms with E-state index < -0.39 is 0 Å². The van der Waals surface area contributed by atoms with Gasteiger partial charge in [0.1, 0.15) is 5.82 Å². The summed E-state index contributed by atoms with van der Waals surface area (Å²) in [6, 6.07) is 9.71. The molecule has 0 radical (unpaired) electrons. The second kappa shape index (κ2) is 6.78. The molecule has 0 aliphatic carbocycles. The van der Waals surface area contributed by atoms with Gasteiger partial charge in [-0.1, -0.05) is 19.1 Å². The van der Waals surface area contributed by atoms with Gasteiger partial charge >= 0.3 is 0 Å². The number of ether oxygens (including phenoxy) is 2. The largest absolute Gasteiger partial charge is 0.454 e. The van der Waals surface area contributed by atoms with Gasteiger partial charge < -0.3 is 20.5 Å². The smallest absolute Gasteiger partial charge is 0.231 e. The van der Waals surface area contributed by atoms with Crippen LogP contribution in [0.5, 0.6) is 11.5 Å². The minimum Gasteiger partial charge on any atom is -0.454 e. The van der Waals surface area contributed by atoms with Crippen LogP contribution in [0.25, 0.3) is 0 Å². The summed E-state index contributed by atoms with van der Waals surface area (Å²) < 4.78 is 23.7. The molecule has 3 rings (SSSR count). The van der Waals surface area contributed by atoms with Crippen molar-refractivity contribution in [2.75, 3.05) is 17.8 Å². The van der Waals surface area contributed by atoms with E-state index in [1.54, 1.807) is 18.2 Å². The normalized spacial score (nSPS) is 13.6. The lowest BCUT2D eigenvalue weighted by atomic mass is 9.97. The van der Waals surface area contributed by atoms with Gasteiger partial charge in [0.15, 0.2) is 11.5 Å². The fourth-order valence-electron chi connectivity index (χ4n) is 2.72. The average Bonchev–Trinajstić information content (AvgIpc) is 2.94. The number of carbonyl (C=O) groups is 1. The molecule has 3 N–H and O–H groups in total. The van der Waals surface area contributed by atoms with Crippen molar-refractivity contribution in [3.63, 3.8) is 0 Å². The van der Waals surface area contributed by atoms with Crippen LogP contribution in [-0.4, -0.2) is 12.7 Å². The molecule has 1 unspecified atom stereocenters. The number of amides is 1. The Bertz CT molecular complexity index is 764. The van der Waals surface area contributed by atoms with Gasteiger partial charge in [-0.2, -0.15) is 0 Å². The van der Waals surface area contributed by atoms with E-state index in [-0.39, 0.29) is 24.4 Å². The molecular weight excluding hydrogens is 311 g/mol. The fourth-order valence-corrected chi connectivity index (χ4v) is 2.72. The summed E-state index contributed by atoms with van der Waals surface area (Å²) in [7, 11) is 0. The van der Waals surface area contributed by atoms with E-state index in [0.29, 0.717) is 35.7 Å². The van der Waals surface area contributed by atoms with Crippen molar-refractivity contribution in [1.82, 2.24) is 0 Å². The topological polar surface area (TPSA) is 73.6 Å². The summed E-state index contributed by atoms with van der Waals surface area (Å²) in [6.45, 7) is 2.10. The molecule has 2 aromatic carbocycles. The van der Waals surface area contributed by atoms with E-state index in [9.17, 15) is 9.18 Å². The Morgan fingerprint density at radius 1 is 1.29 bits per heavy atom. The zero-order valence-electron chi connectivity index (χ0n) is 13.3. The Hall–Kier alpha value is -2.76. The van der Waals surface area contributed by atoms with Crippen LogP contribution in [0.15, 0.2) is 36.4 Å². The summed E-state index contributed by atoms with van der Waals surface area (Å²) in [4.78, 5) is 12.2. The lowest BCUT2D eigenvalue weighted by Crippen LogP contribution is -2.17. The first-order chi connectivity index (χ1) is 11.5. The molecule has 6 heteroatoms. The van der Waals surface area contributed by atoms with Gasteiger partial charge in [0, 0.05) is 18.6 Å². The van der Waals surface area contributed by atoms with Crippen molar-refractivity contribution in [1.29, 1.82) is 0 Å². The molecule has 126 valence electrons. The van der Waals surface area contributed by atoms with Crippen LogP contribution < -0.4 is 20.5 Å². The summed E-state index contributed by atoms with van der Waals surface area (Å²) in [6.07, 6.45) is 0.937. The first-order valence-corrected chi connectivity index (χ1v) is 7.74. The molecule has 1 aliphatic rings. The predicted molar refractivity (Wildman–Crippen MR) is 89.5 cm³/mol. The number of halogens is 1. The molecule has 0 saturated carbocycles. The number of hydrogen-bond donors (Lipinski definition) is 2. The summed E-state index contributed by atoms with van der Waals surface area (Å²) >= 11 is 0. The number of nitrogens with one attached hydrogen (secondary N) is 1. The Balaban J connectivity index is 1.59. The van der Waals surface area contributed by atoms with Crippen molar-refractivity contribution < 1.29 is 18.7 Å². The lowest BCUT2D eigenvalue weighted by molar-refractivity contribution is -0.116. The number of carbonyl (C=O) groups excluding carboxylic acids is 1. The Kier molecular flexibility index (Phi) is 4.55. The van der Waals surface area contributed by atoms with E-state index in [4.69, 9.17) is 15.2 Å². The summed E-state index contributed by atoms with van der Waals surface area (Å²) in [5.74, 6) is 0.793. The molecule has 2 aromatic rings. The molecule has 1 amide bonds. The number of rotatable bonds is 5. The maximum atomic E-state index is 13.2. The van der Waals surface area contributed by atoms with Crippen LogP contribution in [0, 0.1) is 11.7 Å². The van der Waals surface area contributed by atoms with Gasteiger partial charge in [-0.05, 0) is 30.0 Å². The first kappa shape index (κ1) is 16.1. The number of hydrogen-bond acceptors (Lipinski definition) is 4. The van der Waals surface area contributed by atoms with Crippen molar-refractivity contribution in [2.24, 2.45) is 5.92 Å². The van der Waals surface area contributed by atoms with Gasteiger partial charge in [-0.15, -0.1) is 0 Å². The molecule has 0 fully saturated rings. The second-order valence-corrected chi connectivity index (χ2v) is 5.98. The molecule has 0 bridgehead atoms. The first-order valence-electron chi connectivity index (χ1n) is 7.74. The minimum atomic E-state index is -0.266.